The smallest absolute Gasteiger partial charge is 0.432 e. The summed E-state index contributed by atoms with van der Waals surface area (Å²) < 4.78 is 140. The molecule has 0 saturated carbocycles. The number of hydrogen-bond acceptors (Lipinski definition) is 11. The molecule has 11 nitrogen and oxygen atoms in total. The van der Waals surface area contributed by atoms with Crippen LogP contribution < -0.4 is 18.9 Å². The van der Waals surface area contributed by atoms with E-state index < -0.39 is 77.3 Å². The van der Waals surface area contributed by atoms with E-state index in [0.29, 0.717) is 25.5 Å². The minimum absolute atomic E-state index is 0.0694. The van der Waals surface area contributed by atoms with Crippen LogP contribution >= 0.6 is 0 Å². The summed E-state index contributed by atoms with van der Waals surface area (Å²) in [6.45, 7) is -1.22. The van der Waals surface area contributed by atoms with Crippen molar-refractivity contribution >= 4 is 11.9 Å². The first-order chi connectivity index (χ1) is 28.1. The average Bonchev–Trinajstić information content (AvgIpc) is 3.65. The number of carbonyl (C=O) groups is 2. The molecule has 17 heteroatoms. The van der Waals surface area contributed by atoms with E-state index in [1.165, 1.54) is 95.2 Å². The number of esters is 2. The first-order valence-electron chi connectivity index (χ1n) is 17.9. The van der Waals surface area contributed by atoms with E-state index in [1.807, 2.05) is 0 Å². The monoisotopic (exact) mass is 836 g/mol. The molecule has 5 rings (SSSR count). The van der Waals surface area contributed by atoms with Gasteiger partial charge in [0, 0.05) is 37.2 Å². The number of halogens is 6. The summed E-state index contributed by atoms with van der Waals surface area (Å²) in [5, 5.41) is 0. The van der Waals surface area contributed by atoms with Gasteiger partial charge in [0.15, 0.2) is 23.0 Å². The Morgan fingerprint density at radius 3 is 1.58 bits per heavy atom. The molecule has 0 N–H and O–H groups in total. The fraction of sp³-hybridized carbons (Fsp3) is 0.381. The number of benzene rings is 4. The Balaban J connectivity index is 1.67. The maximum Gasteiger partial charge on any atom is 0.432 e. The van der Waals surface area contributed by atoms with Crippen molar-refractivity contribution in [1.29, 1.82) is 0 Å². The lowest BCUT2D eigenvalue weighted by Gasteiger charge is -2.36. The van der Waals surface area contributed by atoms with Gasteiger partial charge in [-0.15, -0.1) is 0 Å². The Hall–Kier alpha value is -5.52. The first-order valence-corrected chi connectivity index (χ1v) is 17.9. The van der Waals surface area contributed by atoms with Crippen LogP contribution in [0.1, 0.15) is 34.5 Å². The standard InChI is InChI=1S/C42H42F6O11/c1-51-31-19-17-25(21-33(31)53-3)35-29(24-58-37(49)39(55-5,41(43,44)45)27-13-9-7-10-14-27)30(23-57-35)36(26-18-20-32(52-2)34(22-26)54-4)59-38(50)40(56-6,42(46,47)48)28-15-11-8-12-16-28/h7-22,29-30,35-36H,23-24H2,1-6H3/t29-,30+,35+,36-,39-,40-/m1/s1. The van der Waals surface area contributed by atoms with Gasteiger partial charge < -0.3 is 42.6 Å². The second kappa shape index (κ2) is 18.2. The molecule has 6 atom stereocenters. The van der Waals surface area contributed by atoms with Crippen LogP contribution in [0.2, 0.25) is 0 Å². The second-order valence-corrected chi connectivity index (χ2v) is 13.2. The van der Waals surface area contributed by atoms with Crippen LogP contribution in [0.3, 0.4) is 0 Å². The molecule has 4 aromatic carbocycles. The zero-order chi connectivity index (χ0) is 43.2. The van der Waals surface area contributed by atoms with Gasteiger partial charge in [0.1, 0.15) is 6.10 Å². The Labute approximate surface area is 336 Å². The summed E-state index contributed by atoms with van der Waals surface area (Å²) in [4.78, 5) is 28.1. The first kappa shape index (κ1) is 44.6. The fourth-order valence-corrected chi connectivity index (χ4v) is 7.26. The largest absolute Gasteiger partial charge is 0.493 e. The van der Waals surface area contributed by atoms with Crippen molar-refractivity contribution in [3.63, 3.8) is 0 Å². The maximum absolute atomic E-state index is 15.2. The van der Waals surface area contributed by atoms with Crippen molar-refractivity contribution in [2.24, 2.45) is 11.8 Å². The average molecular weight is 837 g/mol. The van der Waals surface area contributed by atoms with E-state index >= 15 is 13.2 Å². The summed E-state index contributed by atoms with van der Waals surface area (Å²) >= 11 is 0. The highest BCUT2D eigenvalue weighted by atomic mass is 19.4. The van der Waals surface area contributed by atoms with Gasteiger partial charge in [-0.2, -0.15) is 26.3 Å². The van der Waals surface area contributed by atoms with Crippen molar-refractivity contribution in [2.45, 2.75) is 35.8 Å². The molecule has 59 heavy (non-hydrogen) atoms. The van der Waals surface area contributed by atoms with Crippen LogP contribution in [0, 0.1) is 11.8 Å². The van der Waals surface area contributed by atoms with Gasteiger partial charge in [-0.05, 0) is 35.4 Å². The summed E-state index contributed by atoms with van der Waals surface area (Å²) in [5.74, 6) is -5.30. The molecule has 0 radical (unpaired) electrons. The number of carbonyl (C=O) groups excluding carboxylic acids is 2. The third-order valence-corrected chi connectivity index (χ3v) is 10.3. The Kier molecular flexibility index (Phi) is 13.7. The zero-order valence-corrected chi connectivity index (χ0v) is 32.7. The van der Waals surface area contributed by atoms with Crippen molar-refractivity contribution in [3.05, 3.63) is 119 Å². The predicted octanol–water partition coefficient (Wildman–Crippen LogP) is 8.06. The van der Waals surface area contributed by atoms with Crippen LogP contribution in [-0.4, -0.2) is 80.2 Å². The highest BCUT2D eigenvalue weighted by Crippen LogP contribution is 2.51. The summed E-state index contributed by atoms with van der Waals surface area (Å²) in [5.41, 5.74) is -7.97. The van der Waals surface area contributed by atoms with Gasteiger partial charge >= 0.3 is 24.3 Å². The normalized spacial score (nSPS) is 19.4. The van der Waals surface area contributed by atoms with Gasteiger partial charge in [-0.25, -0.2) is 9.59 Å². The Morgan fingerprint density at radius 2 is 1.10 bits per heavy atom. The molecule has 4 aromatic rings. The van der Waals surface area contributed by atoms with Gasteiger partial charge in [0.05, 0.1) is 47.8 Å². The number of hydrogen-bond donors (Lipinski definition) is 0. The van der Waals surface area contributed by atoms with E-state index in [2.05, 4.69) is 0 Å². The van der Waals surface area contributed by atoms with Gasteiger partial charge in [0.25, 0.3) is 11.2 Å². The molecule has 0 aromatic heterocycles. The van der Waals surface area contributed by atoms with Crippen LogP contribution in [-0.2, 0) is 44.5 Å². The molecule has 318 valence electrons. The van der Waals surface area contributed by atoms with Crippen LogP contribution in [0.5, 0.6) is 23.0 Å². The van der Waals surface area contributed by atoms with Gasteiger partial charge in [-0.3, -0.25) is 0 Å². The van der Waals surface area contributed by atoms with Crippen molar-refractivity contribution in [1.82, 2.24) is 0 Å². The third kappa shape index (κ3) is 8.36. The SMILES string of the molecule is COc1ccc([C@@H](OC(=O)[C@](OC)(c2ccccc2)C(F)(F)F)[C@H]2CO[C@@H](c3ccc(OC)c(OC)c3)[C@@H]2COC(=O)[C@](OC)(c2ccccc2)C(F)(F)F)cc1OC. The molecule has 1 saturated heterocycles. The lowest BCUT2D eigenvalue weighted by atomic mass is 9.81. The highest BCUT2D eigenvalue weighted by Gasteiger charge is 2.66. The molecule has 0 spiro atoms. The van der Waals surface area contributed by atoms with Crippen LogP contribution in [0.25, 0.3) is 0 Å². The number of rotatable bonds is 16. The zero-order valence-electron chi connectivity index (χ0n) is 32.7. The molecule has 0 amide bonds. The van der Waals surface area contributed by atoms with E-state index in [-0.39, 0.29) is 29.4 Å². The van der Waals surface area contributed by atoms with Crippen LogP contribution in [0.4, 0.5) is 26.3 Å². The lowest BCUT2D eigenvalue weighted by molar-refractivity contribution is -0.280. The van der Waals surface area contributed by atoms with E-state index in [0.717, 1.165) is 24.3 Å². The number of alkyl halides is 6. The fourth-order valence-electron chi connectivity index (χ4n) is 7.26. The lowest BCUT2D eigenvalue weighted by Crippen LogP contribution is -2.52. The van der Waals surface area contributed by atoms with E-state index in [9.17, 15) is 22.8 Å². The molecular weight excluding hydrogens is 794 g/mol. The van der Waals surface area contributed by atoms with Gasteiger partial charge in [0.2, 0.25) is 0 Å². The molecule has 0 unspecified atom stereocenters. The van der Waals surface area contributed by atoms with Crippen molar-refractivity contribution < 1.29 is 78.6 Å². The number of ether oxygens (including phenoxy) is 9. The minimum Gasteiger partial charge on any atom is -0.493 e. The summed E-state index contributed by atoms with van der Waals surface area (Å²) in [7, 11) is 6.84. The third-order valence-electron chi connectivity index (χ3n) is 10.3. The van der Waals surface area contributed by atoms with E-state index in [1.54, 1.807) is 6.07 Å². The number of methoxy groups -OCH3 is 6. The Morgan fingerprint density at radius 1 is 0.627 bits per heavy atom. The highest BCUT2D eigenvalue weighted by molar-refractivity contribution is 5.83. The molecule has 1 aliphatic rings. The predicted molar refractivity (Wildman–Crippen MR) is 197 cm³/mol. The van der Waals surface area contributed by atoms with E-state index in [4.69, 9.17) is 42.6 Å². The topological polar surface area (TPSA) is 117 Å². The maximum atomic E-state index is 15.2. The van der Waals surface area contributed by atoms with Crippen LogP contribution in [0.15, 0.2) is 97.1 Å². The minimum atomic E-state index is -5.37. The molecular formula is C42H42F6O11. The second-order valence-electron chi connectivity index (χ2n) is 13.2. The van der Waals surface area contributed by atoms with Gasteiger partial charge in [-0.1, -0.05) is 72.8 Å². The molecule has 1 heterocycles. The molecule has 0 bridgehead atoms. The molecule has 1 fully saturated rings. The summed E-state index contributed by atoms with van der Waals surface area (Å²) in [6, 6.07) is 21.0. The van der Waals surface area contributed by atoms with Crippen molar-refractivity contribution in [3.8, 4) is 23.0 Å². The molecule has 0 aliphatic carbocycles. The Bertz CT molecular complexity index is 2050. The van der Waals surface area contributed by atoms with Crippen molar-refractivity contribution in [2.75, 3.05) is 55.9 Å². The molecule has 1 aliphatic heterocycles. The summed E-state index contributed by atoms with van der Waals surface area (Å²) in [6.07, 6.45) is -13.5. The quantitative estimate of drug-likeness (QED) is 0.0806.